The van der Waals surface area contributed by atoms with Crippen molar-refractivity contribution in [2.24, 2.45) is 0 Å². The number of nitriles is 1. The second-order valence-electron chi connectivity index (χ2n) is 4.82. The predicted molar refractivity (Wildman–Crippen MR) is 85.5 cm³/mol. The molecule has 0 spiro atoms. The normalized spacial score (nSPS) is 15.0. The largest absolute Gasteiger partial charge is 0.382 e. The van der Waals surface area contributed by atoms with E-state index < -0.39 is 0 Å². The second kappa shape index (κ2) is 5.76. The van der Waals surface area contributed by atoms with Gasteiger partial charge in [0.05, 0.1) is 5.69 Å². The van der Waals surface area contributed by atoms with Crippen molar-refractivity contribution in [2.45, 2.75) is 0 Å². The number of nitrogens with zero attached hydrogens (tertiary/aromatic N) is 4. The minimum atomic E-state index is 0.383. The zero-order valence-corrected chi connectivity index (χ0v) is 13.0. The Morgan fingerprint density at radius 3 is 2.52 bits per heavy atom. The summed E-state index contributed by atoms with van der Waals surface area (Å²) in [5, 5.41) is 17.2. The van der Waals surface area contributed by atoms with Gasteiger partial charge >= 0.3 is 0 Å². The van der Waals surface area contributed by atoms with Gasteiger partial charge in [-0.25, -0.2) is 4.68 Å². The molecule has 3 N–H and O–H groups in total. The molecule has 3 rings (SSSR count). The van der Waals surface area contributed by atoms with Crippen LogP contribution in [0.1, 0.15) is 5.56 Å². The van der Waals surface area contributed by atoms with Crippen LogP contribution >= 0.6 is 15.9 Å². The zero-order chi connectivity index (χ0) is 14.8. The van der Waals surface area contributed by atoms with Crippen LogP contribution in [0.2, 0.25) is 0 Å². The Kier molecular flexibility index (Phi) is 3.82. The van der Waals surface area contributed by atoms with Gasteiger partial charge in [0.2, 0.25) is 0 Å². The average Bonchev–Trinajstić information content (AvgIpc) is 2.86. The maximum Gasteiger partial charge on any atom is 0.171 e. The lowest BCUT2D eigenvalue weighted by Gasteiger charge is -2.27. The lowest BCUT2D eigenvalue weighted by molar-refractivity contribution is 0.583. The predicted octanol–water partition coefficient (Wildman–Crippen LogP) is 1.50. The number of anilines is 2. The molecule has 2 aromatic rings. The molecule has 0 bridgehead atoms. The molecule has 6 nitrogen and oxygen atoms in total. The summed E-state index contributed by atoms with van der Waals surface area (Å²) in [7, 11) is 0. The van der Waals surface area contributed by atoms with E-state index in [1.165, 1.54) is 0 Å². The minimum absolute atomic E-state index is 0.383. The van der Waals surface area contributed by atoms with Crippen LogP contribution in [0.25, 0.3) is 5.69 Å². The second-order valence-corrected chi connectivity index (χ2v) is 5.74. The maximum atomic E-state index is 9.40. The first-order chi connectivity index (χ1) is 10.2. The highest BCUT2D eigenvalue weighted by Crippen LogP contribution is 2.27. The van der Waals surface area contributed by atoms with Crippen molar-refractivity contribution >= 4 is 27.6 Å². The van der Waals surface area contributed by atoms with Gasteiger partial charge in [0.1, 0.15) is 17.5 Å². The number of hydrogen-bond acceptors (Lipinski definition) is 5. The first kappa shape index (κ1) is 13.9. The van der Waals surface area contributed by atoms with E-state index in [4.69, 9.17) is 5.73 Å². The van der Waals surface area contributed by atoms with Crippen molar-refractivity contribution in [3.63, 3.8) is 0 Å². The zero-order valence-electron chi connectivity index (χ0n) is 11.4. The van der Waals surface area contributed by atoms with Crippen molar-refractivity contribution in [2.75, 3.05) is 36.8 Å². The highest BCUT2D eigenvalue weighted by molar-refractivity contribution is 9.10. The fraction of sp³-hybridized carbons (Fsp3) is 0.286. The molecule has 0 amide bonds. The number of hydrogen-bond donors (Lipinski definition) is 2. The van der Waals surface area contributed by atoms with Crippen LogP contribution in [0.3, 0.4) is 0 Å². The molecular formula is C14H15BrN6. The van der Waals surface area contributed by atoms with Gasteiger partial charge in [-0.1, -0.05) is 15.9 Å². The molecular weight excluding hydrogens is 332 g/mol. The summed E-state index contributed by atoms with van der Waals surface area (Å²) in [4.78, 5) is 2.10. The van der Waals surface area contributed by atoms with Crippen molar-refractivity contribution < 1.29 is 0 Å². The van der Waals surface area contributed by atoms with E-state index in [9.17, 15) is 5.26 Å². The lowest BCUT2D eigenvalue weighted by atomic mass is 10.2. The summed E-state index contributed by atoms with van der Waals surface area (Å²) in [5.41, 5.74) is 7.40. The summed E-state index contributed by atoms with van der Waals surface area (Å²) in [6.45, 7) is 3.42. The van der Waals surface area contributed by atoms with Crippen molar-refractivity contribution in [1.82, 2.24) is 15.1 Å². The van der Waals surface area contributed by atoms with E-state index in [1.807, 2.05) is 24.3 Å². The van der Waals surface area contributed by atoms with Gasteiger partial charge in [-0.05, 0) is 24.3 Å². The Labute approximate surface area is 131 Å². The first-order valence-electron chi connectivity index (χ1n) is 6.71. The molecule has 0 unspecified atom stereocenters. The summed E-state index contributed by atoms with van der Waals surface area (Å²) in [6, 6.07) is 9.86. The average molecular weight is 347 g/mol. The molecule has 21 heavy (non-hydrogen) atoms. The summed E-state index contributed by atoms with van der Waals surface area (Å²) < 4.78 is 2.61. The number of nitrogens with one attached hydrogen (secondary N) is 1. The number of halogens is 1. The number of nitrogens with two attached hydrogens (primary N) is 1. The van der Waals surface area contributed by atoms with Crippen molar-refractivity contribution in [1.29, 1.82) is 5.26 Å². The van der Waals surface area contributed by atoms with E-state index in [0.717, 1.165) is 36.3 Å². The third kappa shape index (κ3) is 2.60. The molecule has 0 saturated carbocycles. The van der Waals surface area contributed by atoms with Gasteiger partial charge < -0.3 is 16.0 Å². The van der Waals surface area contributed by atoms with Crippen LogP contribution in [-0.4, -0.2) is 36.0 Å². The van der Waals surface area contributed by atoms with E-state index in [-0.39, 0.29) is 0 Å². The molecule has 1 aliphatic rings. The van der Waals surface area contributed by atoms with Crippen LogP contribution < -0.4 is 16.0 Å². The van der Waals surface area contributed by atoms with Gasteiger partial charge in [-0.2, -0.15) is 5.26 Å². The van der Waals surface area contributed by atoms with E-state index in [0.29, 0.717) is 17.2 Å². The number of piperazine rings is 1. The molecule has 0 atom stereocenters. The van der Waals surface area contributed by atoms with Crippen molar-refractivity contribution in [3.8, 4) is 11.8 Å². The standard InChI is InChI=1S/C14H15BrN6/c15-10-1-3-11(4-2-10)21-13(17)12(9-16)14(19-21)20-7-5-18-6-8-20/h1-4,18H,5-8,17H2. The smallest absolute Gasteiger partial charge is 0.171 e. The SMILES string of the molecule is N#Cc1c(N2CCNCC2)nn(-c2ccc(Br)cc2)c1N. The van der Waals surface area contributed by atoms with Gasteiger partial charge in [0, 0.05) is 30.7 Å². The fourth-order valence-electron chi connectivity index (χ4n) is 2.40. The molecule has 108 valence electrons. The Morgan fingerprint density at radius 2 is 1.90 bits per heavy atom. The van der Waals surface area contributed by atoms with E-state index >= 15 is 0 Å². The highest BCUT2D eigenvalue weighted by atomic mass is 79.9. The number of rotatable bonds is 2. The topological polar surface area (TPSA) is 82.9 Å². The summed E-state index contributed by atoms with van der Waals surface area (Å²) >= 11 is 3.40. The molecule has 0 aliphatic carbocycles. The van der Waals surface area contributed by atoms with Crippen molar-refractivity contribution in [3.05, 3.63) is 34.3 Å². The van der Waals surface area contributed by atoms with Crippen LogP contribution in [0, 0.1) is 11.3 Å². The molecule has 7 heteroatoms. The Balaban J connectivity index is 2.04. The summed E-state index contributed by atoms with van der Waals surface area (Å²) in [6.07, 6.45) is 0. The third-order valence-electron chi connectivity index (χ3n) is 3.50. The molecule has 1 fully saturated rings. The Hall–Kier alpha value is -2.04. The molecule has 0 radical (unpaired) electrons. The number of benzene rings is 1. The molecule has 1 aromatic heterocycles. The van der Waals surface area contributed by atoms with E-state index in [2.05, 4.69) is 37.3 Å². The molecule has 1 aromatic carbocycles. The van der Waals surface area contributed by atoms with Gasteiger partial charge in [-0.3, -0.25) is 0 Å². The van der Waals surface area contributed by atoms with Crippen LogP contribution in [0.15, 0.2) is 28.7 Å². The quantitative estimate of drug-likeness (QED) is 0.860. The highest BCUT2D eigenvalue weighted by Gasteiger charge is 2.22. The maximum absolute atomic E-state index is 9.40. The van der Waals surface area contributed by atoms with Gasteiger partial charge in [0.25, 0.3) is 0 Å². The Bertz CT molecular complexity index is 679. The van der Waals surface area contributed by atoms with Crippen LogP contribution in [0.5, 0.6) is 0 Å². The molecule has 1 aliphatic heterocycles. The summed E-state index contributed by atoms with van der Waals surface area (Å²) in [5.74, 6) is 1.05. The minimum Gasteiger partial charge on any atom is -0.382 e. The van der Waals surface area contributed by atoms with Gasteiger partial charge in [0.15, 0.2) is 5.82 Å². The van der Waals surface area contributed by atoms with E-state index in [1.54, 1.807) is 4.68 Å². The molecule has 2 heterocycles. The molecule has 1 saturated heterocycles. The first-order valence-corrected chi connectivity index (χ1v) is 7.50. The van der Waals surface area contributed by atoms with Gasteiger partial charge in [-0.15, -0.1) is 5.10 Å². The van der Waals surface area contributed by atoms with Crippen LogP contribution in [-0.2, 0) is 0 Å². The number of nitrogen functional groups attached to an aromatic ring is 1. The monoisotopic (exact) mass is 346 g/mol. The number of aromatic nitrogens is 2. The fourth-order valence-corrected chi connectivity index (χ4v) is 2.67. The lowest BCUT2D eigenvalue weighted by Crippen LogP contribution is -2.44. The Morgan fingerprint density at radius 1 is 1.24 bits per heavy atom. The van der Waals surface area contributed by atoms with Crippen LogP contribution in [0.4, 0.5) is 11.6 Å². The third-order valence-corrected chi connectivity index (χ3v) is 4.03.